The van der Waals surface area contributed by atoms with Gasteiger partial charge in [0.25, 0.3) is 11.8 Å². The molecule has 0 N–H and O–H groups in total. The number of carbonyl (C=O) groups excluding carboxylic acids is 2. The Labute approximate surface area is 113 Å². The lowest BCUT2D eigenvalue weighted by Crippen LogP contribution is -2.30. The highest BCUT2D eigenvalue weighted by Gasteiger charge is 2.29. The summed E-state index contributed by atoms with van der Waals surface area (Å²) >= 11 is 0. The van der Waals surface area contributed by atoms with Gasteiger partial charge in [0.2, 0.25) is 0 Å². The van der Waals surface area contributed by atoms with Crippen molar-refractivity contribution in [1.82, 2.24) is 0 Å². The largest absolute Gasteiger partial charge is 0.372 e. The van der Waals surface area contributed by atoms with E-state index < -0.39 is 0 Å². The second kappa shape index (κ2) is 5.26. The molecule has 2 amide bonds. The van der Waals surface area contributed by atoms with Gasteiger partial charge in [0.15, 0.2) is 0 Å². The summed E-state index contributed by atoms with van der Waals surface area (Å²) in [5, 5.41) is 0. The zero-order chi connectivity index (χ0) is 14.0. The van der Waals surface area contributed by atoms with E-state index in [9.17, 15) is 9.59 Å². The fourth-order valence-electron chi connectivity index (χ4n) is 2.23. The second-order valence-electron chi connectivity index (χ2n) is 4.49. The maximum Gasteiger partial charge on any atom is 0.261 e. The third-order valence-corrected chi connectivity index (χ3v) is 3.34. The fourth-order valence-corrected chi connectivity index (χ4v) is 2.23. The number of anilines is 2. The van der Waals surface area contributed by atoms with Gasteiger partial charge in [-0.15, -0.1) is 0 Å². The lowest BCUT2D eigenvalue weighted by molar-refractivity contribution is -0.120. The van der Waals surface area contributed by atoms with Crippen LogP contribution in [0.5, 0.6) is 0 Å². The maximum absolute atomic E-state index is 11.9. The third kappa shape index (κ3) is 2.38. The number of rotatable bonds is 4. The molecule has 0 spiro atoms. The average molecular weight is 258 g/mol. The van der Waals surface area contributed by atoms with Gasteiger partial charge in [-0.3, -0.25) is 9.59 Å². The first kappa shape index (κ1) is 13.3. The molecule has 1 heterocycles. The normalized spacial score (nSPS) is 14.9. The topological polar surface area (TPSA) is 40.6 Å². The van der Waals surface area contributed by atoms with E-state index in [1.165, 1.54) is 11.0 Å². The molecule has 0 unspecified atom stereocenters. The summed E-state index contributed by atoms with van der Waals surface area (Å²) in [6, 6.07) is 7.51. The number of hydrogen-bond acceptors (Lipinski definition) is 3. The van der Waals surface area contributed by atoms with Crippen LogP contribution >= 0.6 is 0 Å². The lowest BCUT2D eigenvalue weighted by Gasteiger charge is -2.22. The third-order valence-electron chi connectivity index (χ3n) is 3.34. The van der Waals surface area contributed by atoms with Crippen molar-refractivity contribution in [2.24, 2.45) is 0 Å². The number of carbonyl (C=O) groups is 2. The van der Waals surface area contributed by atoms with E-state index in [1.807, 2.05) is 24.3 Å². The SMILES string of the molecule is CCN(CC)c1ccc(N2C(=O)C=C(C)C2=O)cc1. The van der Waals surface area contributed by atoms with Crippen LogP contribution in [-0.2, 0) is 9.59 Å². The molecule has 19 heavy (non-hydrogen) atoms. The van der Waals surface area contributed by atoms with Gasteiger partial charge in [0.05, 0.1) is 5.69 Å². The average Bonchev–Trinajstić information content (AvgIpc) is 2.66. The van der Waals surface area contributed by atoms with Crippen LogP contribution in [0, 0.1) is 0 Å². The van der Waals surface area contributed by atoms with Crippen LogP contribution < -0.4 is 9.80 Å². The van der Waals surface area contributed by atoms with E-state index in [2.05, 4.69) is 18.7 Å². The van der Waals surface area contributed by atoms with E-state index in [0.717, 1.165) is 18.8 Å². The Hall–Kier alpha value is -2.10. The predicted molar refractivity (Wildman–Crippen MR) is 76.3 cm³/mol. The molecule has 0 saturated heterocycles. The first-order valence-corrected chi connectivity index (χ1v) is 6.50. The van der Waals surface area contributed by atoms with Gasteiger partial charge < -0.3 is 4.90 Å². The van der Waals surface area contributed by atoms with Crippen LogP contribution in [0.25, 0.3) is 0 Å². The summed E-state index contributed by atoms with van der Waals surface area (Å²) in [6.45, 7) is 7.71. The standard InChI is InChI=1S/C15H18N2O2/c1-4-16(5-2)12-6-8-13(9-7-12)17-14(18)10-11(3)15(17)19/h6-10H,4-5H2,1-3H3. The molecule has 0 atom stereocenters. The van der Waals surface area contributed by atoms with E-state index in [-0.39, 0.29) is 11.8 Å². The first-order valence-electron chi connectivity index (χ1n) is 6.50. The molecule has 0 aromatic heterocycles. The van der Waals surface area contributed by atoms with Crippen molar-refractivity contribution in [3.8, 4) is 0 Å². The molecule has 1 aliphatic heterocycles. The number of amides is 2. The van der Waals surface area contributed by atoms with E-state index in [0.29, 0.717) is 11.3 Å². The van der Waals surface area contributed by atoms with Crippen molar-refractivity contribution in [1.29, 1.82) is 0 Å². The Morgan fingerprint density at radius 1 is 1.05 bits per heavy atom. The quantitative estimate of drug-likeness (QED) is 0.778. The fraction of sp³-hybridized carbons (Fsp3) is 0.333. The van der Waals surface area contributed by atoms with Crippen molar-refractivity contribution < 1.29 is 9.59 Å². The molecular formula is C15H18N2O2. The monoisotopic (exact) mass is 258 g/mol. The molecule has 2 rings (SSSR count). The minimum Gasteiger partial charge on any atom is -0.372 e. The summed E-state index contributed by atoms with van der Waals surface area (Å²) in [5.74, 6) is -0.501. The van der Waals surface area contributed by atoms with Crippen molar-refractivity contribution in [2.45, 2.75) is 20.8 Å². The highest BCUT2D eigenvalue weighted by Crippen LogP contribution is 2.25. The molecule has 4 nitrogen and oxygen atoms in total. The first-order chi connectivity index (χ1) is 9.08. The Morgan fingerprint density at radius 3 is 2.05 bits per heavy atom. The van der Waals surface area contributed by atoms with E-state index in [1.54, 1.807) is 6.92 Å². The van der Waals surface area contributed by atoms with E-state index in [4.69, 9.17) is 0 Å². The van der Waals surface area contributed by atoms with Crippen LogP contribution in [0.1, 0.15) is 20.8 Å². The number of imide groups is 1. The maximum atomic E-state index is 11.9. The van der Waals surface area contributed by atoms with Gasteiger partial charge in [-0.05, 0) is 45.0 Å². The van der Waals surface area contributed by atoms with Gasteiger partial charge in [-0.2, -0.15) is 0 Å². The van der Waals surface area contributed by atoms with Gasteiger partial charge in [0.1, 0.15) is 0 Å². The lowest BCUT2D eigenvalue weighted by atomic mass is 10.2. The van der Waals surface area contributed by atoms with Gasteiger partial charge >= 0.3 is 0 Å². The van der Waals surface area contributed by atoms with Gasteiger partial charge in [0, 0.05) is 30.4 Å². The van der Waals surface area contributed by atoms with Crippen molar-refractivity contribution >= 4 is 23.2 Å². The van der Waals surface area contributed by atoms with Crippen molar-refractivity contribution in [3.63, 3.8) is 0 Å². The van der Waals surface area contributed by atoms with Crippen LogP contribution in [0.15, 0.2) is 35.9 Å². The minimum atomic E-state index is -0.266. The zero-order valence-corrected chi connectivity index (χ0v) is 11.5. The minimum absolute atomic E-state index is 0.236. The number of benzene rings is 1. The summed E-state index contributed by atoms with van der Waals surface area (Å²) in [5.41, 5.74) is 2.20. The molecule has 0 radical (unpaired) electrons. The molecule has 4 heteroatoms. The molecular weight excluding hydrogens is 240 g/mol. The smallest absolute Gasteiger partial charge is 0.261 e. The summed E-state index contributed by atoms with van der Waals surface area (Å²) in [7, 11) is 0. The molecule has 0 fully saturated rings. The number of nitrogens with zero attached hydrogens (tertiary/aromatic N) is 2. The Morgan fingerprint density at radius 2 is 1.63 bits per heavy atom. The Balaban J connectivity index is 2.25. The molecule has 0 bridgehead atoms. The Bertz CT molecular complexity index is 528. The van der Waals surface area contributed by atoms with E-state index >= 15 is 0 Å². The summed E-state index contributed by atoms with van der Waals surface area (Å²) in [6.07, 6.45) is 1.38. The molecule has 0 saturated carbocycles. The zero-order valence-electron chi connectivity index (χ0n) is 11.5. The molecule has 0 aliphatic carbocycles. The van der Waals surface area contributed by atoms with Crippen molar-refractivity contribution in [3.05, 3.63) is 35.9 Å². The molecule has 1 aromatic rings. The highest BCUT2D eigenvalue weighted by atomic mass is 16.2. The van der Waals surface area contributed by atoms with Crippen LogP contribution in [0.4, 0.5) is 11.4 Å². The van der Waals surface area contributed by atoms with Gasteiger partial charge in [-0.25, -0.2) is 4.90 Å². The summed E-state index contributed by atoms with van der Waals surface area (Å²) < 4.78 is 0. The summed E-state index contributed by atoms with van der Waals surface area (Å²) in [4.78, 5) is 27.0. The molecule has 1 aromatic carbocycles. The highest BCUT2D eigenvalue weighted by molar-refractivity contribution is 6.30. The van der Waals surface area contributed by atoms with Crippen LogP contribution in [0.2, 0.25) is 0 Å². The second-order valence-corrected chi connectivity index (χ2v) is 4.49. The predicted octanol–water partition coefficient (Wildman–Crippen LogP) is 2.35. The number of hydrogen-bond donors (Lipinski definition) is 0. The Kier molecular flexibility index (Phi) is 3.69. The van der Waals surface area contributed by atoms with Crippen molar-refractivity contribution in [2.75, 3.05) is 22.9 Å². The molecule has 100 valence electrons. The van der Waals surface area contributed by atoms with Crippen LogP contribution in [0.3, 0.4) is 0 Å². The molecule has 1 aliphatic rings. The van der Waals surface area contributed by atoms with Crippen LogP contribution in [-0.4, -0.2) is 24.9 Å². The van der Waals surface area contributed by atoms with Gasteiger partial charge in [-0.1, -0.05) is 0 Å².